The molecule has 0 aromatic heterocycles. The van der Waals surface area contributed by atoms with Crippen molar-refractivity contribution in [2.75, 3.05) is 29.7 Å². The average Bonchev–Trinajstić information content (AvgIpc) is 2.39. The first-order valence-corrected chi connectivity index (χ1v) is 7.40. The molecule has 0 heterocycles. The number of aryl methyl sites for hydroxylation is 1. The molecule has 0 unspecified atom stereocenters. The van der Waals surface area contributed by atoms with Crippen molar-refractivity contribution in [3.8, 4) is 0 Å². The summed E-state index contributed by atoms with van der Waals surface area (Å²) in [5, 5.41) is 10.3. The topological polar surface area (TPSA) is 43.4 Å². The van der Waals surface area contributed by atoms with E-state index in [9.17, 15) is 9.90 Å². The number of hydrogen-bond donors (Lipinski definition) is 0. The van der Waals surface area contributed by atoms with Crippen molar-refractivity contribution >= 4 is 34.9 Å². The van der Waals surface area contributed by atoms with Crippen LogP contribution in [0.15, 0.2) is 24.3 Å². The fourth-order valence-corrected chi connectivity index (χ4v) is 2.29. The third-order valence-corrected chi connectivity index (χ3v) is 3.19. The van der Waals surface area contributed by atoms with Crippen LogP contribution >= 0.6 is 23.2 Å². The van der Waals surface area contributed by atoms with Gasteiger partial charge in [0.05, 0.1) is 0 Å². The largest absolute Gasteiger partial charge is 0.550 e. The number of nitrogens with zero attached hydrogens (tertiary/aromatic N) is 1. The Morgan fingerprint density at radius 2 is 1.68 bits per heavy atom. The number of carboxylic acid groups (broad SMARTS) is 1. The Balaban J connectivity index is 2.55. The lowest BCUT2D eigenvalue weighted by atomic mass is 10.1. The maximum atomic E-state index is 10.3. The van der Waals surface area contributed by atoms with Gasteiger partial charge in [-0.2, -0.15) is 0 Å². The van der Waals surface area contributed by atoms with E-state index in [2.05, 4.69) is 4.90 Å². The molecule has 0 bridgehead atoms. The van der Waals surface area contributed by atoms with E-state index in [1.165, 1.54) is 0 Å². The quantitative estimate of drug-likeness (QED) is 0.656. The van der Waals surface area contributed by atoms with Crippen molar-refractivity contribution in [3.63, 3.8) is 0 Å². The molecular weight excluding hydrogens is 285 g/mol. The minimum absolute atomic E-state index is 0.104. The fraction of sp³-hybridized carbons (Fsp3) is 0.500. The molecule has 0 aliphatic heterocycles. The lowest BCUT2D eigenvalue weighted by Gasteiger charge is -2.23. The molecular formula is C14H18Cl2NO2-. The fourth-order valence-electron chi connectivity index (χ4n) is 1.88. The average molecular weight is 303 g/mol. The molecule has 0 saturated heterocycles. The molecule has 1 aromatic carbocycles. The molecule has 3 nitrogen and oxygen atoms in total. The van der Waals surface area contributed by atoms with Gasteiger partial charge in [-0.15, -0.1) is 23.2 Å². The molecule has 0 amide bonds. The number of anilines is 1. The highest BCUT2D eigenvalue weighted by Gasteiger charge is 2.05. The molecule has 1 aromatic rings. The Bertz CT molecular complexity index is 376. The van der Waals surface area contributed by atoms with Gasteiger partial charge in [0.15, 0.2) is 0 Å². The molecule has 5 heteroatoms. The van der Waals surface area contributed by atoms with Gasteiger partial charge in [0.1, 0.15) is 0 Å². The molecule has 0 saturated carbocycles. The van der Waals surface area contributed by atoms with Crippen molar-refractivity contribution in [1.29, 1.82) is 0 Å². The number of alkyl halides is 2. The summed E-state index contributed by atoms with van der Waals surface area (Å²) >= 11 is 11.5. The van der Waals surface area contributed by atoms with Crippen LogP contribution in [0.4, 0.5) is 5.69 Å². The SMILES string of the molecule is O=C([O-])CCCc1ccc(N(CCCl)CCCl)cc1. The van der Waals surface area contributed by atoms with Gasteiger partial charge >= 0.3 is 0 Å². The van der Waals surface area contributed by atoms with E-state index in [0.717, 1.165) is 30.8 Å². The zero-order valence-corrected chi connectivity index (χ0v) is 12.3. The van der Waals surface area contributed by atoms with Gasteiger partial charge in [-0.3, -0.25) is 0 Å². The van der Waals surface area contributed by atoms with Crippen molar-refractivity contribution < 1.29 is 9.90 Å². The Kier molecular flexibility index (Phi) is 7.68. The third-order valence-electron chi connectivity index (χ3n) is 2.86. The zero-order chi connectivity index (χ0) is 14.1. The molecule has 1 rings (SSSR count). The van der Waals surface area contributed by atoms with Gasteiger partial charge in [0.2, 0.25) is 0 Å². The first-order chi connectivity index (χ1) is 9.17. The number of aliphatic carboxylic acids is 1. The van der Waals surface area contributed by atoms with E-state index < -0.39 is 5.97 Å². The number of carboxylic acids is 1. The molecule has 0 aliphatic carbocycles. The number of hydrogen-bond acceptors (Lipinski definition) is 3. The molecule has 106 valence electrons. The number of carbonyl (C=O) groups is 1. The molecule has 0 radical (unpaired) electrons. The van der Waals surface area contributed by atoms with Crippen molar-refractivity contribution in [2.45, 2.75) is 19.3 Å². The van der Waals surface area contributed by atoms with Crippen molar-refractivity contribution in [1.82, 2.24) is 0 Å². The van der Waals surface area contributed by atoms with Crippen LogP contribution in [0.3, 0.4) is 0 Å². The predicted molar refractivity (Wildman–Crippen MR) is 78.0 cm³/mol. The number of carbonyl (C=O) groups excluding carboxylic acids is 1. The van der Waals surface area contributed by atoms with Gasteiger partial charge in [-0.05, 0) is 37.0 Å². The third kappa shape index (κ3) is 6.17. The summed E-state index contributed by atoms with van der Waals surface area (Å²) in [5.41, 5.74) is 2.21. The Labute approximate surface area is 124 Å². The normalized spacial score (nSPS) is 10.4. The lowest BCUT2D eigenvalue weighted by Crippen LogP contribution is -2.27. The standard InChI is InChI=1S/C14H19Cl2NO2/c15-8-10-17(11-9-16)13-6-4-12(5-7-13)2-1-3-14(18)19/h4-7H,1-3,8-11H2,(H,18,19)/p-1. The van der Waals surface area contributed by atoms with Crippen LogP contribution in [-0.2, 0) is 11.2 Å². The number of rotatable bonds is 9. The molecule has 19 heavy (non-hydrogen) atoms. The highest BCUT2D eigenvalue weighted by molar-refractivity contribution is 6.18. The Morgan fingerprint density at radius 1 is 1.11 bits per heavy atom. The summed E-state index contributed by atoms with van der Waals surface area (Å²) in [6.45, 7) is 1.52. The summed E-state index contributed by atoms with van der Waals surface area (Å²) < 4.78 is 0. The van der Waals surface area contributed by atoms with E-state index in [-0.39, 0.29) is 6.42 Å². The van der Waals surface area contributed by atoms with Gasteiger partial charge in [-0.25, -0.2) is 0 Å². The summed E-state index contributed by atoms with van der Waals surface area (Å²) in [6.07, 6.45) is 1.46. The summed E-state index contributed by atoms with van der Waals surface area (Å²) in [4.78, 5) is 12.5. The van der Waals surface area contributed by atoms with Crippen LogP contribution in [0.25, 0.3) is 0 Å². The maximum absolute atomic E-state index is 10.3. The van der Waals surface area contributed by atoms with E-state index >= 15 is 0 Å². The minimum Gasteiger partial charge on any atom is -0.550 e. The highest BCUT2D eigenvalue weighted by atomic mass is 35.5. The number of benzene rings is 1. The van der Waals surface area contributed by atoms with Gasteiger partial charge in [0.25, 0.3) is 0 Å². The summed E-state index contributed by atoms with van der Waals surface area (Å²) in [5.74, 6) is 0.126. The van der Waals surface area contributed by atoms with E-state index in [1.54, 1.807) is 0 Å². The van der Waals surface area contributed by atoms with Crippen LogP contribution < -0.4 is 10.0 Å². The molecule has 0 spiro atoms. The summed E-state index contributed by atoms with van der Waals surface area (Å²) in [7, 11) is 0. The first-order valence-electron chi connectivity index (χ1n) is 6.33. The second-order valence-corrected chi connectivity index (χ2v) is 5.01. The zero-order valence-electron chi connectivity index (χ0n) is 10.8. The molecule has 0 fully saturated rings. The van der Waals surface area contributed by atoms with Crippen LogP contribution in [0.1, 0.15) is 18.4 Å². The lowest BCUT2D eigenvalue weighted by molar-refractivity contribution is -0.305. The minimum atomic E-state index is -0.993. The Hall–Kier alpha value is -0.930. The van der Waals surface area contributed by atoms with Crippen molar-refractivity contribution in [3.05, 3.63) is 29.8 Å². The predicted octanol–water partition coefficient (Wildman–Crippen LogP) is 2.04. The second kappa shape index (κ2) is 9.05. The number of halogens is 2. The van der Waals surface area contributed by atoms with E-state index in [1.807, 2.05) is 24.3 Å². The van der Waals surface area contributed by atoms with E-state index in [0.29, 0.717) is 18.2 Å². The Morgan fingerprint density at radius 3 is 2.16 bits per heavy atom. The van der Waals surface area contributed by atoms with Crippen molar-refractivity contribution in [2.24, 2.45) is 0 Å². The molecule has 0 aliphatic rings. The van der Waals surface area contributed by atoms with Crippen LogP contribution in [0.5, 0.6) is 0 Å². The molecule has 0 N–H and O–H groups in total. The van der Waals surface area contributed by atoms with Gasteiger partial charge in [-0.1, -0.05) is 12.1 Å². The van der Waals surface area contributed by atoms with Gasteiger partial charge < -0.3 is 14.8 Å². The molecule has 0 atom stereocenters. The maximum Gasteiger partial charge on any atom is 0.0414 e. The van der Waals surface area contributed by atoms with Crippen LogP contribution in [-0.4, -0.2) is 30.8 Å². The summed E-state index contributed by atoms with van der Waals surface area (Å²) in [6, 6.07) is 8.07. The first kappa shape index (κ1) is 16.1. The van der Waals surface area contributed by atoms with Crippen LogP contribution in [0, 0.1) is 0 Å². The van der Waals surface area contributed by atoms with Crippen LogP contribution in [0.2, 0.25) is 0 Å². The highest BCUT2D eigenvalue weighted by Crippen LogP contribution is 2.16. The monoisotopic (exact) mass is 302 g/mol. The van der Waals surface area contributed by atoms with Gasteiger partial charge in [0, 0.05) is 36.5 Å². The second-order valence-electron chi connectivity index (χ2n) is 4.26. The van der Waals surface area contributed by atoms with E-state index in [4.69, 9.17) is 23.2 Å². The smallest absolute Gasteiger partial charge is 0.0414 e.